The molecule has 1 aromatic heterocycles. The second-order valence-electron chi connectivity index (χ2n) is 2.36. The van der Waals surface area contributed by atoms with Gasteiger partial charge in [-0.2, -0.15) is 0 Å². The molecule has 10 heavy (non-hydrogen) atoms. The standard InChI is InChI=1S/C8H13NO/c1-4-10-8-7(3)6(2)5-9-8/h5,9H,4H2,1-3H3. The van der Waals surface area contributed by atoms with Crippen molar-refractivity contribution in [1.82, 2.24) is 4.98 Å². The van der Waals surface area contributed by atoms with Crippen LogP contribution >= 0.6 is 0 Å². The summed E-state index contributed by atoms with van der Waals surface area (Å²) in [5, 5.41) is 0. The van der Waals surface area contributed by atoms with Crippen LogP contribution in [0.3, 0.4) is 0 Å². The molecule has 0 saturated heterocycles. The molecule has 1 heterocycles. The van der Waals surface area contributed by atoms with Crippen LogP contribution in [-0.4, -0.2) is 11.6 Å². The Hall–Kier alpha value is -0.920. The van der Waals surface area contributed by atoms with Gasteiger partial charge in [-0.15, -0.1) is 0 Å². The van der Waals surface area contributed by atoms with E-state index < -0.39 is 0 Å². The number of aromatic nitrogens is 1. The quantitative estimate of drug-likeness (QED) is 0.666. The largest absolute Gasteiger partial charge is 0.479 e. The zero-order valence-corrected chi connectivity index (χ0v) is 6.69. The smallest absolute Gasteiger partial charge is 0.193 e. The fraction of sp³-hybridized carbons (Fsp3) is 0.500. The van der Waals surface area contributed by atoms with Crippen LogP contribution in [-0.2, 0) is 0 Å². The van der Waals surface area contributed by atoms with E-state index >= 15 is 0 Å². The molecule has 0 unspecified atom stereocenters. The van der Waals surface area contributed by atoms with E-state index in [1.54, 1.807) is 0 Å². The summed E-state index contributed by atoms with van der Waals surface area (Å²) in [4.78, 5) is 3.05. The number of rotatable bonds is 2. The van der Waals surface area contributed by atoms with E-state index in [0.29, 0.717) is 0 Å². The number of hydrogen-bond donors (Lipinski definition) is 1. The fourth-order valence-electron chi connectivity index (χ4n) is 0.864. The minimum absolute atomic E-state index is 0.723. The SMILES string of the molecule is CCOc1[nH]cc(C)c1C. The van der Waals surface area contributed by atoms with Gasteiger partial charge < -0.3 is 9.72 Å². The summed E-state index contributed by atoms with van der Waals surface area (Å²) < 4.78 is 5.30. The Balaban J connectivity index is 2.83. The highest BCUT2D eigenvalue weighted by atomic mass is 16.5. The third-order valence-electron chi connectivity index (χ3n) is 1.64. The van der Waals surface area contributed by atoms with Gasteiger partial charge in [-0.05, 0) is 26.3 Å². The summed E-state index contributed by atoms with van der Waals surface area (Å²) in [6.07, 6.45) is 1.96. The Labute approximate surface area is 61.2 Å². The van der Waals surface area contributed by atoms with Crippen molar-refractivity contribution < 1.29 is 4.74 Å². The van der Waals surface area contributed by atoms with Gasteiger partial charge in [-0.25, -0.2) is 0 Å². The van der Waals surface area contributed by atoms with Gasteiger partial charge in [0.15, 0.2) is 5.88 Å². The van der Waals surface area contributed by atoms with E-state index in [0.717, 1.165) is 12.5 Å². The van der Waals surface area contributed by atoms with Crippen molar-refractivity contribution in [3.63, 3.8) is 0 Å². The molecule has 56 valence electrons. The third kappa shape index (κ3) is 1.15. The number of aromatic amines is 1. The summed E-state index contributed by atoms with van der Waals surface area (Å²) >= 11 is 0. The maximum atomic E-state index is 5.30. The molecule has 2 heteroatoms. The van der Waals surface area contributed by atoms with Gasteiger partial charge in [0.1, 0.15) is 0 Å². The Morgan fingerprint density at radius 3 is 2.60 bits per heavy atom. The predicted molar refractivity (Wildman–Crippen MR) is 41.4 cm³/mol. The Morgan fingerprint density at radius 2 is 2.20 bits per heavy atom. The molecule has 0 atom stereocenters. The van der Waals surface area contributed by atoms with Gasteiger partial charge in [0.2, 0.25) is 0 Å². The van der Waals surface area contributed by atoms with Gasteiger partial charge in [0.25, 0.3) is 0 Å². The Bertz CT molecular complexity index is 215. The third-order valence-corrected chi connectivity index (χ3v) is 1.64. The molecular formula is C8H13NO. The first-order chi connectivity index (χ1) is 4.75. The summed E-state index contributed by atoms with van der Waals surface area (Å²) in [5.41, 5.74) is 2.46. The molecule has 1 rings (SSSR count). The van der Waals surface area contributed by atoms with E-state index in [2.05, 4.69) is 18.8 Å². The summed E-state index contributed by atoms with van der Waals surface area (Å²) in [5.74, 6) is 0.903. The fourth-order valence-corrected chi connectivity index (χ4v) is 0.864. The molecule has 0 spiro atoms. The molecule has 0 fully saturated rings. The highest BCUT2D eigenvalue weighted by Crippen LogP contribution is 2.18. The minimum Gasteiger partial charge on any atom is -0.479 e. The van der Waals surface area contributed by atoms with Crippen molar-refractivity contribution in [2.75, 3.05) is 6.61 Å². The van der Waals surface area contributed by atoms with Crippen molar-refractivity contribution in [3.05, 3.63) is 17.3 Å². The number of nitrogens with one attached hydrogen (secondary N) is 1. The highest BCUT2D eigenvalue weighted by molar-refractivity contribution is 5.32. The van der Waals surface area contributed by atoms with Crippen LogP contribution in [0.15, 0.2) is 6.20 Å². The molecule has 0 aliphatic heterocycles. The molecule has 0 aliphatic carbocycles. The lowest BCUT2D eigenvalue weighted by molar-refractivity contribution is 0.326. The van der Waals surface area contributed by atoms with Crippen LogP contribution < -0.4 is 4.74 Å². The lowest BCUT2D eigenvalue weighted by Crippen LogP contribution is -1.92. The van der Waals surface area contributed by atoms with Crippen LogP contribution in [0.25, 0.3) is 0 Å². The first kappa shape index (κ1) is 7.19. The molecule has 0 radical (unpaired) electrons. The summed E-state index contributed by atoms with van der Waals surface area (Å²) in [6, 6.07) is 0. The Morgan fingerprint density at radius 1 is 1.50 bits per heavy atom. The summed E-state index contributed by atoms with van der Waals surface area (Å²) in [6.45, 7) is 6.82. The first-order valence-electron chi connectivity index (χ1n) is 3.53. The van der Waals surface area contributed by atoms with E-state index in [-0.39, 0.29) is 0 Å². The molecule has 0 aliphatic rings. The van der Waals surface area contributed by atoms with E-state index in [1.165, 1.54) is 11.1 Å². The van der Waals surface area contributed by atoms with Crippen molar-refractivity contribution in [2.45, 2.75) is 20.8 Å². The minimum atomic E-state index is 0.723. The van der Waals surface area contributed by atoms with Crippen molar-refractivity contribution in [2.24, 2.45) is 0 Å². The predicted octanol–water partition coefficient (Wildman–Crippen LogP) is 2.03. The maximum Gasteiger partial charge on any atom is 0.193 e. The van der Waals surface area contributed by atoms with Crippen LogP contribution in [0.5, 0.6) is 5.88 Å². The topological polar surface area (TPSA) is 25.0 Å². The molecule has 2 nitrogen and oxygen atoms in total. The summed E-state index contributed by atoms with van der Waals surface area (Å²) in [7, 11) is 0. The zero-order chi connectivity index (χ0) is 7.56. The van der Waals surface area contributed by atoms with E-state index in [4.69, 9.17) is 4.74 Å². The lowest BCUT2D eigenvalue weighted by atomic mass is 10.2. The van der Waals surface area contributed by atoms with Crippen LogP contribution in [0.2, 0.25) is 0 Å². The van der Waals surface area contributed by atoms with Crippen molar-refractivity contribution in [3.8, 4) is 5.88 Å². The normalized spacial score (nSPS) is 9.90. The average Bonchev–Trinajstić information content (AvgIpc) is 2.20. The number of hydrogen-bond acceptors (Lipinski definition) is 1. The van der Waals surface area contributed by atoms with Gasteiger partial charge in [-0.3, -0.25) is 0 Å². The van der Waals surface area contributed by atoms with Crippen LogP contribution in [0, 0.1) is 13.8 Å². The van der Waals surface area contributed by atoms with Crippen LogP contribution in [0.4, 0.5) is 0 Å². The first-order valence-corrected chi connectivity index (χ1v) is 3.53. The number of ether oxygens (including phenoxy) is 1. The van der Waals surface area contributed by atoms with Gasteiger partial charge in [-0.1, -0.05) is 0 Å². The molecule has 1 aromatic rings. The van der Waals surface area contributed by atoms with E-state index in [1.807, 2.05) is 13.1 Å². The average molecular weight is 139 g/mol. The molecule has 1 N–H and O–H groups in total. The van der Waals surface area contributed by atoms with Gasteiger partial charge >= 0.3 is 0 Å². The monoisotopic (exact) mass is 139 g/mol. The van der Waals surface area contributed by atoms with Gasteiger partial charge in [0, 0.05) is 11.8 Å². The Kier molecular flexibility index (Phi) is 2.00. The van der Waals surface area contributed by atoms with Crippen LogP contribution in [0.1, 0.15) is 18.1 Å². The van der Waals surface area contributed by atoms with Crippen molar-refractivity contribution in [1.29, 1.82) is 0 Å². The second-order valence-corrected chi connectivity index (χ2v) is 2.36. The van der Waals surface area contributed by atoms with Gasteiger partial charge in [0.05, 0.1) is 6.61 Å². The second kappa shape index (κ2) is 2.78. The maximum absolute atomic E-state index is 5.30. The lowest BCUT2D eigenvalue weighted by Gasteiger charge is -1.99. The number of aryl methyl sites for hydroxylation is 1. The molecule has 0 bridgehead atoms. The number of H-pyrrole nitrogens is 1. The van der Waals surface area contributed by atoms with E-state index in [9.17, 15) is 0 Å². The zero-order valence-electron chi connectivity index (χ0n) is 6.69. The molecular weight excluding hydrogens is 126 g/mol. The van der Waals surface area contributed by atoms with Crippen molar-refractivity contribution >= 4 is 0 Å². The molecule has 0 aromatic carbocycles. The molecule has 0 saturated carbocycles. The highest BCUT2D eigenvalue weighted by Gasteiger charge is 2.01. The molecule has 0 amide bonds.